The van der Waals surface area contributed by atoms with Crippen molar-refractivity contribution in [1.29, 1.82) is 0 Å². The minimum atomic E-state index is 0.105. The largest absolute Gasteiger partial charge is 0.337 e. The number of hydrogen-bond donors (Lipinski definition) is 1. The maximum atomic E-state index is 13.5. The number of carbonyl (C=O) groups excluding carboxylic acids is 1. The number of amides is 1. The molecule has 0 radical (unpaired) electrons. The molecule has 4 heterocycles. The van der Waals surface area contributed by atoms with Gasteiger partial charge in [0.1, 0.15) is 0 Å². The lowest BCUT2D eigenvalue weighted by molar-refractivity contribution is 0.0750. The molecule has 136 valence electrons. The summed E-state index contributed by atoms with van der Waals surface area (Å²) in [5.41, 5.74) is 3.29. The minimum Gasteiger partial charge on any atom is -0.337 e. The summed E-state index contributed by atoms with van der Waals surface area (Å²) in [5.74, 6) is 0.105. The van der Waals surface area contributed by atoms with Crippen molar-refractivity contribution in [3.8, 4) is 11.3 Å². The van der Waals surface area contributed by atoms with Gasteiger partial charge in [0.05, 0.1) is 16.8 Å². The Hall–Kier alpha value is -2.79. The highest BCUT2D eigenvalue weighted by molar-refractivity contribution is 6.07. The Morgan fingerprint density at radius 2 is 1.96 bits per heavy atom. The van der Waals surface area contributed by atoms with Gasteiger partial charge >= 0.3 is 0 Å². The van der Waals surface area contributed by atoms with E-state index in [0.29, 0.717) is 12.1 Å². The zero-order valence-corrected chi connectivity index (χ0v) is 15.1. The van der Waals surface area contributed by atoms with Crippen molar-refractivity contribution in [3.05, 3.63) is 60.4 Å². The van der Waals surface area contributed by atoms with Crippen molar-refractivity contribution in [2.24, 2.45) is 0 Å². The second kappa shape index (κ2) is 6.74. The molecule has 2 atom stereocenters. The molecule has 2 aliphatic heterocycles. The molecule has 2 bridgehead atoms. The first-order valence-corrected chi connectivity index (χ1v) is 9.63. The predicted molar refractivity (Wildman–Crippen MR) is 105 cm³/mol. The third-order valence-corrected chi connectivity index (χ3v) is 5.71. The van der Waals surface area contributed by atoms with Crippen molar-refractivity contribution in [2.45, 2.75) is 31.3 Å². The lowest BCUT2D eigenvalue weighted by Crippen LogP contribution is -2.39. The molecule has 2 aromatic heterocycles. The van der Waals surface area contributed by atoms with Gasteiger partial charge in [-0.3, -0.25) is 9.78 Å². The highest BCUT2D eigenvalue weighted by Crippen LogP contribution is 2.27. The van der Waals surface area contributed by atoms with Crippen molar-refractivity contribution in [1.82, 2.24) is 20.2 Å². The molecule has 2 saturated heterocycles. The molecule has 0 saturated carbocycles. The van der Waals surface area contributed by atoms with Gasteiger partial charge in [0, 0.05) is 48.5 Å². The number of pyridine rings is 2. The number of benzene rings is 1. The first-order valence-electron chi connectivity index (χ1n) is 9.63. The molecule has 2 aliphatic rings. The molecule has 0 aliphatic carbocycles. The summed E-state index contributed by atoms with van der Waals surface area (Å²) >= 11 is 0. The molecule has 1 aromatic carbocycles. The van der Waals surface area contributed by atoms with E-state index in [0.717, 1.165) is 53.7 Å². The molecule has 3 aromatic rings. The number of nitrogens with one attached hydrogen (secondary N) is 1. The summed E-state index contributed by atoms with van der Waals surface area (Å²) in [7, 11) is 0. The second-order valence-electron chi connectivity index (χ2n) is 7.49. The monoisotopic (exact) mass is 358 g/mol. The molecule has 0 unspecified atom stereocenters. The van der Waals surface area contributed by atoms with Gasteiger partial charge in [0.15, 0.2) is 0 Å². The van der Waals surface area contributed by atoms with Crippen LogP contribution in [0.5, 0.6) is 0 Å². The lowest BCUT2D eigenvalue weighted by atomic mass is 10.0. The van der Waals surface area contributed by atoms with Crippen LogP contribution in [-0.2, 0) is 0 Å². The number of aromatic nitrogens is 2. The van der Waals surface area contributed by atoms with E-state index in [1.54, 1.807) is 12.4 Å². The molecule has 2 fully saturated rings. The fourth-order valence-electron chi connectivity index (χ4n) is 4.31. The van der Waals surface area contributed by atoms with Gasteiger partial charge in [-0.1, -0.05) is 18.2 Å². The number of carbonyl (C=O) groups is 1. The van der Waals surface area contributed by atoms with Crippen molar-refractivity contribution < 1.29 is 4.79 Å². The van der Waals surface area contributed by atoms with Crippen LogP contribution in [0.15, 0.2) is 54.9 Å². The van der Waals surface area contributed by atoms with E-state index in [-0.39, 0.29) is 5.91 Å². The molecule has 1 amide bonds. The quantitative estimate of drug-likeness (QED) is 0.764. The van der Waals surface area contributed by atoms with Crippen LogP contribution in [0, 0.1) is 0 Å². The van der Waals surface area contributed by atoms with Gasteiger partial charge < -0.3 is 10.2 Å². The Balaban J connectivity index is 1.58. The third-order valence-electron chi connectivity index (χ3n) is 5.71. The number of fused-ring (bicyclic) bond motifs is 3. The molecule has 5 nitrogen and oxygen atoms in total. The Morgan fingerprint density at radius 3 is 2.85 bits per heavy atom. The minimum absolute atomic E-state index is 0.105. The Labute approximate surface area is 158 Å². The van der Waals surface area contributed by atoms with Gasteiger partial charge in [-0.25, -0.2) is 4.98 Å². The number of likely N-dealkylation sites (tertiary alicyclic amines) is 1. The zero-order chi connectivity index (χ0) is 18.2. The smallest absolute Gasteiger partial charge is 0.254 e. The van der Waals surface area contributed by atoms with Crippen molar-refractivity contribution in [3.63, 3.8) is 0 Å². The van der Waals surface area contributed by atoms with E-state index in [4.69, 9.17) is 4.98 Å². The Bertz CT molecular complexity index is 988. The maximum absolute atomic E-state index is 13.5. The highest BCUT2D eigenvalue weighted by Gasteiger charge is 2.32. The molecule has 1 N–H and O–H groups in total. The topological polar surface area (TPSA) is 58.1 Å². The average Bonchev–Trinajstić information content (AvgIpc) is 3.06. The van der Waals surface area contributed by atoms with E-state index in [2.05, 4.69) is 10.3 Å². The SMILES string of the molecule is O=C(c1cc(-c2cccnc2)nc2ccccc12)N1CC[C@H]2CC[C@@H](C1)N2. The molecular formula is C22H22N4O. The molecule has 27 heavy (non-hydrogen) atoms. The summed E-state index contributed by atoms with van der Waals surface area (Å²) in [6.07, 6.45) is 6.96. The number of para-hydroxylation sites is 1. The standard InChI is InChI=1S/C22H22N4O/c27-22(26-11-9-16-7-8-17(14-26)24-16)19-12-21(15-4-3-10-23-13-15)25-20-6-2-1-5-18(19)20/h1-6,10,12-13,16-17,24H,7-9,11,14H2/t16-,17+/m1/s1. The van der Waals surface area contributed by atoms with Crippen molar-refractivity contribution >= 4 is 16.8 Å². The second-order valence-corrected chi connectivity index (χ2v) is 7.49. The van der Waals surface area contributed by atoms with Crippen LogP contribution in [0.25, 0.3) is 22.2 Å². The van der Waals surface area contributed by atoms with E-state index >= 15 is 0 Å². The summed E-state index contributed by atoms with van der Waals surface area (Å²) in [6.45, 7) is 1.60. The highest BCUT2D eigenvalue weighted by atomic mass is 16.2. The van der Waals surface area contributed by atoms with E-state index in [1.807, 2.05) is 47.4 Å². The van der Waals surface area contributed by atoms with E-state index in [9.17, 15) is 4.79 Å². The van der Waals surface area contributed by atoms with Crippen LogP contribution in [0.3, 0.4) is 0 Å². The Morgan fingerprint density at radius 1 is 1.07 bits per heavy atom. The van der Waals surface area contributed by atoms with E-state index < -0.39 is 0 Å². The van der Waals surface area contributed by atoms with Crippen LogP contribution in [0.1, 0.15) is 29.6 Å². The first-order chi connectivity index (χ1) is 13.3. The lowest BCUT2D eigenvalue weighted by Gasteiger charge is -2.25. The number of nitrogens with zero attached hydrogens (tertiary/aromatic N) is 3. The predicted octanol–water partition coefficient (Wildman–Crippen LogP) is 3.26. The summed E-state index contributed by atoms with van der Waals surface area (Å²) in [6, 6.07) is 14.7. The fourth-order valence-corrected chi connectivity index (χ4v) is 4.31. The summed E-state index contributed by atoms with van der Waals surface area (Å²) in [4.78, 5) is 24.5. The maximum Gasteiger partial charge on any atom is 0.254 e. The summed E-state index contributed by atoms with van der Waals surface area (Å²) < 4.78 is 0. The Kier molecular flexibility index (Phi) is 4.09. The fraction of sp³-hybridized carbons (Fsp3) is 0.318. The van der Waals surface area contributed by atoms with Gasteiger partial charge in [-0.05, 0) is 43.5 Å². The van der Waals surface area contributed by atoms with Crippen LogP contribution in [0.2, 0.25) is 0 Å². The molecule has 5 rings (SSSR count). The number of hydrogen-bond acceptors (Lipinski definition) is 4. The van der Waals surface area contributed by atoms with Crippen LogP contribution in [-0.4, -0.2) is 45.9 Å². The molecule has 0 spiro atoms. The van der Waals surface area contributed by atoms with Gasteiger partial charge in [-0.15, -0.1) is 0 Å². The van der Waals surface area contributed by atoms with Crippen LogP contribution >= 0.6 is 0 Å². The average molecular weight is 358 g/mol. The zero-order valence-electron chi connectivity index (χ0n) is 15.1. The van der Waals surface area contributed by atoms with E-state index in [1.165, 1.54) is 6.42 Å². The first kappa shape index (κ1) is 16.4. The van der Waals surface area contributed by atoms with Crippen LogP contribution in [0.4, 0.5) is 0 Å². The van der Waals surface area contributed by atoms with Gasteiger partial charge in [0.25, 0.3) is 5.91 Å². The summed E-state index contributed by atoms with van der Waals surface area (Å²) in [5, 5.41) is 4.56. The third kappa shape index (κ3) is 3.08. The normalized spacial score (nSPS) is 22.0. The number of rotatable bonds is 2. The van der Waals surface area contributed by atoms with Gasteiger partial charge in [-0.2, -0.15) is 0 Å². The molecule has 5 heteroatoms. The van der Waals surface area contributed by atoms with Gasteiger partial charge in [0.2, 0.25) is 0 Å². The molecular weight excluding hydrogens is 336 g/mol. The van der Waals surface area contributed by atoms with Crippen LogP contribution < -0.4 is 5.32 Å². The van der Waals surface area contributed by atoms with Crippen molar-refractivity contribution in [2.75, 3.05) is 13.1 Å².